The summed E-state index contributed by atoms with van der Waals surface area (Å²) in [6.45, 7) is 2.65. The fraction of sp³-hybridized carbons (Fsp3) is 0.211. The van der Waals surface area contributed by atoms with Gasteiger partial charge < -0.3 is 14.0 Å². The molecule has 26 heavy (non-hydrogen) atoms. The van der Waals surface area contributed by atoms with Crippen LogP contribution in [0.15, 0.2) is 47.5 Å². The van der Waals surface area contributed by atoms with Crippen molar-refractivity contribution in [2.45, 2.75) is 13.5 Å². The van der Waals surface area contributed by atoms with Crippen LogP contribution in [0.2, 0.25) is 0 Å². The van der Waals surface area contributed by atoms with Crippen LogP contribution >= 0.6 is 11.3 Å². The van der Waals surface area contributed by atoms with Crippen LogP contribution in [0, 0.1) is 0 Å². The zero-order valence-electron chi connectivity index (χ0n) is 14.7. The molecule has 2 aromatic carbocycles. The first kappa shape index (κ1) is 17.9. The molecule has 0 saturated carbocycles. The first-order valence-corrected chi connectivity index (χ1v) is 8.84. The third-order valence-corrected chi connectivity index (χ3v) is 4.99. The Kier molecular flexibility index (Phi) is 5.18. The van der Waals surface area contributed by atoms with Gasteiger partial charge in [0.2, 0.25) is 0 Å². The number of para-hydroxylation sites is 1. The summed E-state index contributed by atoms with van der Waals surface area (Å²) in [5.74, 6) is -0.0626. The van der Waals surface area contributed by atoms with E-state index in [1.807, 2.05) is 29.7 Å². The maximum Gasteiger partial charge on any atom is 0.337 e. The predicted molar refractivity (Wildman–Crippen MR) is 99.7 cm³/mol. The van der Waals surface area contributed by atoms with E-state index in [0.717, 1.165) is 16.0 Å². The van der Waals surface area contributed by atoms with Crippen LogP contribution in [0.3, 0.4) is 0 Å². The first-order chi connectivity index (χ1) is 12.6. The molecule has 0 bridgehead atoms. The fourth-order valence-electron chi connectivity index (χ4n) is 2.66. The highest BCUT2D eigenvalue weighted by atomic mass is 32.1. The van der Waals surface area contributed by atoms with E-state index in [1.165, 1.54) is 18.4 Å². The van der Waals surface area contributed by atoms with Gasteiger partial charge in [0, 0.05) is 12.1 Å². The van der Waals surface area contributed by atoms with E-state index in [9.17, 15) is 9.59 Å². The summed E-state index contributed by atoms with van der Waals surface area (Å²) in [5, 5.41) is 0. The maximum absolute atomic E-state index is 12.5. The minimum atomic E-state index is -0.443. The van der Waals surface area contributed by atoms with Crippen LogP contribution in [-0.4, -0.2) is 30.7 Å². The highest BCUT2D eigenvalue weighted by Crippen LogP contribution is 2.27. The van der Waals surface area contributed by atoms with E-state index in [0.29, 0.717) is 22.5 Å². The summed E-state index contributed by atoms with van der Waals surface area (Å²) < 4.78 is 13.0. The largest absolute Gasteiger partial charge is 0.495 e. The van der Waals surface area contributed by atoms with Gasteiger partial charge in [-0.1, -0.05) is 17.4 Å². The second-order valence-electron chi connectivity index (χ2n) is 5.42. The smallest absolute Gasteiger partial charge is 0.337 e. The Morgan fingerprint density at radius 1 is 1.08 bits per heavy atom. The van der Waals surface area contributed by atoms with E-state index >= 15 is 0 Å². The molecular formula is C19H18N2O4S. The zero-order valence-corrected chi connectivity index (χ0v) is 15.5. The summed E-state index contributed by atoms with van der Waals surface area (Å²) >= 11 is 1.43. The molecule has 0 N–H and O–H groups in total. The van der Waals surface area contributed by atoms with Crippen LogP contribution < -0.4 is 9.54 Å². The summed E-state index contributed by atoms with van der Waals surface area (Å²) in [7, 11) is 2.94. The molecule has 3 rings (SSSR count). The van der Waals surface area contributed by atoms with Crippen molar-refractivity contribution in [3.05, 3.63) is 58.4 Å². The van der Waals surface area contributed by atoms with Crippen molar-refractivity contribution in [3.63, 3.8) is 0 Å². The number of hydrogen-bond donors (Lipinski definition) is 0. The molecule has 0 aliphatic rings. The van der Waals surface area contributed by atoms with Crippen molar-refractivity contribution in [2.75, 3.05) is 14.2 Å². The van der Waals surface area contributed by atoms with Gasteiger partial charge in [-0.3, -0.25) is 4.79 Å². The lowest BCUT2D eigenvalue weighted by Crippen LogP contribution is -2.16. The van der Waals surface area contributed by atoms with E-state index < -0.39 is 5.97 Å². The Morgan fingerprint density at radius 2 is 1.77 bits per heavy atom. The van der Waals surface area contributed by atoms with Gasteiger partial charge in [0.25, 0.3) is 5.91 Å². The standard InChI is InChI=1S/C19H18N2O4S/c1-4-21-16-14(24-2)6-5-7-15(16)26-19(21)20-17(22)12-8-10-13(11-9-12)18(23)25-3/h5-11H,4H2,1-3H3. The number of carbonyl (C=O) groups excluding carboxylic acids is 2. The molecule has 7 heteroatoms. The Hall–Kier alpha value is -2.93. The van der Waals surface area contributed by atoms with Crippen LogP contribution in [0.4, 0.5) is 0 Å². The Morgan fingerprint density at radius 3 is 2.38 bits per heavy atom. The number of methoxy groups -OCH3 is 2. The van der Waals surface area contributed by atoms with Crippen molar-refractivity contribution in [2.24, 2.45) is 4.99 Å². The lowest BCUT2D eigenvalue weighted by Gasteiger charge is -2.05. The predicted octanol–water partition coefficient (Wildman–Crippen LogP) is 3.26. The summed E-state index contributed by atoms with van der Waals surface area (Å²) in [5.41, 5.74) is 1.72. The molecule has 6 nitrogen and oxygen atoms in total. The normalized spacial score (nSPS) is 11.6. The SMILES string of the molecule is CCn1c(=NC(=O)c2ccc(C(=O)OC)cc2)sc2cccc(OC)c21. The quantitative estimate of drug-likeness (QED) is 0.661. The molecule has 1 heterocycles. The topological polar surface area (TPSA) is 69.9 Å². The average molecular weight is 370 g/mol. The molecule has 0 fully saturated rings. The molecule has 0 saturated heterocycles. The number of amides is 1. The number of rotatable bonds is 4. The number of nitrogens with zero attached hydrogens (tertiary/aromatic N) is 2. The van der Waals surface area contributed by atoms with Gasteiger partial charge in [0.1, 0.15) is 11.3 Å². The number of fused-ring (bicyclic) bond motifs is 1. The lowest BCUT2D eigenvalue weighted by molar-refractivity contribution is 0.0600. The van der Waals surface area contributed by atoms with Gasteiger partial charge in [0.05, 0.1) is 24.5 Å². The van der Waals surface area contributed by atoms with Gasteiger partial charge in [-0.15, -0.1) is 0 Å². The number of aromatic nitrogens is 1. The molecular weight excluding hydrogens is 352 g/mol. The second kappa shape index (κ2) is 7.53. The van der Waals surface area contributed by atoms with Crippen molar-refractivity contribution < 1.29 is 19.1 Å². The van der Waals surface area contributed by atoms with E-state index in [1.54, 1.807) is 31.4 Å². The number of aryl methyl sites for hydroxylation is 1. The molecule has 0 unspecified atom stereocenters. The fourth-order valence-corrected chi connectivity index (χ4v) is 3.77. The molecule has 1 amide bonds. The highest BCUT2D eigenvalue weighted by molar-refractivity contribution is 7.16. The summed E-state index contributed by atoms with van der Waals surface area (Å²) in [6, 6.07) is 12.0. The molecule has 0 radical (unpaired) electrons. The Labute approximate surface area is 154 Å². The van der Waals surface area contributed by atoms with Crippen molar-refractivity contribution >= 4 is 33.4 Å². The van der Waals surface area contributed by atoms with Gasteiger partial charge in [-0.05, 0) is 43.3 Å². The maximum atomic E-state index is 12.5. The number of thiazole rings is 1. The van der Waals surface area contributed by atoms with Crippen LogP contribution in [0.5, 0.6) is 5.75 Å². The lowest BCUT2D eigenvalue weighted by atomic mass is 10.1. The Bertz CT molecular complexity index is 1030. The third kappa shape index (κ3) is 3.25. The van der Waals surface area contributed by atoms with E-state index in [4.69, 9.17) is 4.74 Å². The Balaban J connectivity index is 2.04. The minimum Gasteiger partial charge on any atom is -0.495 e. The highest BCUT2D eigenvalue weighted by Gasteiger charge is 2.12. The van der Waals surface area contributed by atoms with Crippen LogP contribution in [0.25, 0.3) is 10.2 Å². The second-order valence-corrected chi connectivity index (χ2v) is 6.43. The molecule has 3 aromatic rings. The molecule has 0 atom stereocenters. The molecule has 134 valence electrons. The van der Waals surface area contributed by atoms with Gasteiger partial charge >= 0.3 is 5.97 Å². The number of benzene rings is 2. The van der Waals surface area contributed by atoms with Gasteiger partial charge in [0.15, 0.2) is 4.80 Å². The number of ether oxygens (including phenoxy) is 2. The summed E-state index contributed by atoms with van der Waals surface area (Å²) in [4.78, 5) is 28.9. The number of esters is 1. The van der Waals surface area contributed by atoms with Crippen LogP contribution in [0.1, 0.15) is 27.6 Å². The average Bonchev–Trinajstić information content (AvgIpc) is 3.04. The molecule has 1 aromatic heterocycles. The van der Waals surface area contributed by atoms with Crippen molar-refractivity contribution in [1.82, 2.24) is 4.57 Å². The molecule has 0 aliphatic heterocycles. The van der Waals surface area contributed by atoms with E-state index in [-0.39, 0.29) is 5.91 Å². The first-order valence-electron chi connectivity index (χ1n) is 8.02. The number of hydrogen-bond acceptors (Lipinski definition) is 5. The van der Waals surface area contributed by atoms with E-state index in [2.05, 4.69) is 9.73 Å². The summed E-state index contributed by atoms with van der Waals surface area (Å²) in [6.07, 6.45) is 0. The monoisotopic (exact) mass is 370 g/mol. The van der Waals surface area contributed by atoms with Crippen molar-refractivity contribution in [1.29, 1.82) is 0 Å². The van der Waals surface area contributed by atoms with Gasteiger partial charge in [-0.25, -0.2) is 4.79 Å². The zero-order chi connectivity index (χ0) is 18.7. The number of carbonyl (C=O) groups is 2. The van der Waals surface area contributed by atoms with Gasteiger partial charge in [-0.2, -0.15) is 4.99 Å². The molecule has 0 spiro atoms. The molecule has 0 aliphatic carbocycles. The minimum absolute atomic E-state index is 0.367. The van der Waals surface area contributed by atoms with Crippen LogP contribution in [-0.2, 0) is 11.3 Å². The van der Waals surface area contributed by atoms with Crippen molar-refractivity contribution in [3.8, 4) is 5.75 Å². The third-order valence-electron chi connectivity index (χ3n) is 3.95.